The zero-order valence-corrected chi connectivity index (χ0v) is 17.0. The highest BCUT2D eigenvalue weighted by molar-refractivity contribution is 6.07. The van der Waals surface area contributed by atoms with E-state index >= 15 is 0 Å². The van der Waals surface area contributed by atoms with Gasteiger partial charge in [0.2, 0.25) is 0 Å². The number of allylic oxidation sites excluding steroid dienone is 1. The number of benzene rings is 2. The number of pyridine rings is 1. The Hall–Kier alpha value is -4.26. The lowest BCUT2D eigenvalue weighted by Crippen LogP contribution is -2.10. The number of non-ortho nitro benzene ring substituents is 1. The molecule has 0 atom stereocenters. The van der Waals surface area contributed by atoms with Crippen LogP contribution in [-0.2, 0) is 17.8 Å². The van der Waals surface area contributed by atoms with Crippen molar-refractivity contribution in [3.8, 4) is 0 Å². The lowest BCUT2D eigenvalue weighted by atomic mass is 10.0. The highest BCUT2D eigenvalue weighted by Crippen LogP contribution is 2.38. The SMILES string of the molecule is O=C(OCc1cccc([N+](=O)[O-])c1)c1c2c(nc3ccccc13)C(=Cc1ccco1)CC2. The number of para-hydroxylation sites is 1. The van der Waals surface area contributed by atoms with Crippen molar-refractivity contribution in [2.45, 2.75) is 19.4 Å². The van der Waals surface area contributed by atoms with Crippen LogP contribution in [0, 0.1) is 10.1 Å². The van der Waals surface area contributed by atoms with E-state index in [1.54, 1.807) is 18.4 Å². The number of carbonyl (C=O) groups excluding carboxylic acids is 1. The lowest BCUT2D eigenvalue weighted by Gasteiger charge is -2.12. The number of esters is 1. The molecule has 2 aromatic heterocycles. The molecule has 5 rings (SSSR count). The fourth-order valence-corrected chi connectivity index (χ4v) is 4.04. The molecule has 1 aliphatic carbocycles. The van der Waals surface area contributed by atoms with Crippen LogP contribution in [0.4, 0.5) is 5.69 Å². The van der Waals surface area contributed by atoms with E-state index in [2.05, 4.69) is 0 Å². The monoisotopic (exact) mass is 426 g/mol. The summed E-state index contributed by atoms with van der Waals surface area (Å²) >= 11 is 0. The number of aromatic nitrogens is 1. The fraction of sp³-hybridized carbons (Fsp3) is 0.120. The minimum absolute atomic E-state index is 0.0403. The van der Waals surface area contributed by atoms with Crippen LogP contribution in [0.5, 0.6) is 0 Å². The first kappa shape index (κ1) is 19.7. The Kier molecular flexibility index (Phi) is 4.99. The Balaban J connectivity index is 1.52. The molecule has 158 valence electrons. The maximum atomic E-state index is 13.2. The molecule has 0 bridgehead atoms. The van der Waals surface area contributed by atoms with Crippen LogP contribution in [0.1, 0.15) is 39.4 Å². The van der Waals surface area contributed by atoms with Crippen molar-refractivity contribution in [2.24, 2.45) is 0 Å². The third-order valence-electron chi connectivity index (χ3n) is 5.50. The number of hydrogen-bond donors (Lipinski definition) is 0. The second-order valence-electron chi connectivity index (χ2n) is 7.52. The first-order valence-electron chi connectivity index (χ1n) is 10.2. The van der Waals surface area contributed by atoms with Gasteiger partial charge in [0.15, 0.2) is 0 Å². The zero-order chi connectivity index (χ0) is 22.1. The molecule has 0 fully saturated rings. The molecule has 4 aromatic rings. The van der Waals surface area contributed by atoms with Crippen LogP contribution >= 0.6 is 0 Å². The van der Waals surface area contributed by atoms with Gasteiger partial charge in [-0.1, -0.05) is 30.3 Å². The van der Waals surface area contributed by atoms with Gasteiger partial charge in [0.05, 0.1) is 28.0 Å². The average Bonchev–Trinajstić information content (AvgIpc) is 3.46. The van der Waals surface area contributed by atoms with E-state index in [9.17, 15) is 14.9 Å². The van der Waals surface area contributed by atoms with Crippen molar-refractivity contribution in [2.75, 3.05) is 0 Å². The van der Waals surface area contributed by atoms with Crippen LogP contribution in [0.2, 0.25) is 0 Å². The predicted molar refractivity (Wildman–Crippen MR) is 119 cm³/mol. The molecule has 0 amide bonds. The van der Waals surface area contributed by atoms with Crippen molar-refractivity contribution in [3.63, 3.8) is 0 Å². The van der Waals surface area contributed by atoms with Gasteiger partial charge in [-0.15, -0.1) is 0 Å². The number of carbonyl (C=O) groups is 1. The van der Waals surface area contributed by atoms with Crippen molar-refractivity contribution >= 4 is 34.2 Å². The highest BCUT2D eigenvalue weighted by Gasteiger charge is 2.27. The van der Waals surface area contributed by atoms with Crippen LogP contribution in [-0.4, -0.2) is 15.9 Å². The molecule has 7 heteroatoms. The van der Waals surface area contributed by atoms with Gasteiger partial charge in [0.1, 0.15) is 12.4 Å². The van der Waals surface area contributed by atoms with E-state index < -0.39 is 10.9 Å². The maximum absolute atomic E-state index is 13.2. The smallest absolute Gasteiger partial charge is 0.339 e. The van der Waals surface area contributed by atoms with E-state index in [0.29, 0.717) is 23.1 Å². The largest absolute Gasteiger partial charge is 0.465 e. The van der Waals surface area contributed by atoms with Gasteiger partial charge in [-0.05, 0) is 53.8 Å². The predicted octanol–water partition coefficient (Wildman–Crippen LogP) is 5.58. The van der Waals surface area contributed by atoms with E-state index in [4.69, 9.17) is 14.1 Å². The van der Waals surface area contributed by atoms with Gasteiger partial charge < -0.3 is 9.15 Å². The summed E-state index contributed by atoms with van der Waals surface area (Å²) in [6, 6.07) is 17.3. The number of fused-ring (bicyclic) bond motifs is 2. The molecule has 7 nitrogen and oxygen atoms in total. The normalized spacial score (nSPS) is 13.9. The number of nitro groups is 1. The number of hydrogen-bond acceptors (Lipinski definition) is 6. The molecule has 0 aliphatic heterocycles. The number of ether oxygens (including phenoxy) is 1. The standard InChI is InChI=1S/C25H18N2O5/c28-25(32-15-16-5-3-6-18(13-16)27(29)30)23-20-8-1-2-9-22(20)26-24-17(10-11-21(23)24)14-19-7-4-12-31-19/h1-9,12-14H,10-11,15H2. The second-order valence-corrected chi connectivity index (χ2v) is 7.52. The summed E-state index contributed by atoms with van der Waals surface area (Å²) in [5, 5.41) is 11.7. The van der Waals surface area contributed by atoms with Gasteiger partial charge >= 0.3 is 5.97 Å². The summed E-state index contributed by atoms with van der Waals surface area (Å²) in [7, 11) is 0. The molecule has 2 aromatic carbocycles. The molecule has 0 saturated carbocycles. The molecule has 0 unspecified atom stereocenters. The zero-order valence-electron chi connectivity index (χ0n) is 17.0. The summed E-state index contributed by atoms with van der Waals surface area (Å²) in [6.07, 6.45) is 4.98. The van der Waals surface area contributed by atoms with Gasteiger partial charge in [-0.3, -0.25) is 10.1 Å². The Morgan fingerprint density at radius 3 is 2.81 bits per heavy atom. The van der Waals surface area contributed by atoms with Crippen molar-refractivity contribution in [1.29, 1.82) is 0 Å². The molecular formula is C25H18N2O5. The molecule has 0 spiro atoms. The Bertz CT molecular complexity index is 1370. The molecule has 0 saturated heterocycles. The maximum Gasteiger partial charge on any atom is 0.339 e. The lowest BCUT2D eigenvalue weighted by molar-refractivity contribution is -0.384. The quantitative estimate of drug-likeness (QED) is 0.235. The van der Waals surface area contributed by atoms with Crippen LogP contribution in [0.3, 0.4) is 0 Å². The summed E-state index contributed by atoms with van der Waals surface area (Å²) in [6.45, 7) is -0.0545. The van der Waals surface area contributed by atoms with Crippen molar-refractivity contribution in [1.82, 2.24) is 4.98 Å². The molecule has 0 N–H and O–H groups in total. The van der Waals surface area contributed by atoms with Gasteiger partial charge in [-0.25, -0.2) is 9.78 Å². The minimum atomic E-state index is -0.471. The Morgan fingerprint density at radius 2 is 2.00 bits per heavy atom. The summed E-state index contributed by atoms with van der Waals surface area (Å²) in [4.78, 5) is 28.6. The van der Waals surface area contributed by atoms with Crippen LogP contribution in [0.15, 0.2) is 71.3 Å². The van der Waals surface area contributed by atoms with E-state index in [1.807, 2.05) is 42.5 Å². The molecule has 1 aliphatic rings. The summed E-state index contributed by atoms with van der Waals surface area (Å²) in [5.41, 5.74) is 4.36. The highest BCUT2D eigenvalue weighted by atomic mass is 16.6. The van der Waals surface area contributed by atoms with E-state index in [-0.39, 0.29) is 12.3 Å². The number of nitrogens with zero attached hydrogens (tertiary/aromatic N) is 2. The molecular weight excluding hydrogens is 408 g/mol. The van der Waals surface area contributed by atoms with Crippen molar-refractivity contribution < 1.29 is 18.9 Å². The molecule has 0 radical (unpaired) electrons. The number of furan rings is 1. The topological polar surface area (TPSA) is 95.5 Å². The first-order valence-corrected chi connectivity index (χ1v) is 10.2. The Labute approximate surface area is 183 Å². The van der Waals surface area contributed by atoms with Gasteiger partial charge in [0, 0.05) is 17.5 Å². The number of nitro benzene ring substituents is 1. The molecule has 2 heterocycles. The molecule has 32 heavy (non-hydrogen) atoms. The van der Waals surface area contributed by atoms with E-state index in [0.717, 1.165) is 34.4 Å². The first-order chi connectivity index (χ1) is 15.6. The van der Waals surface area contributed by atoms with Gasteiger partial charge in [0.25, 0.3) is 5.69 Å². The van der Waals surface area contributed by atoms with Crippen LogP contribution < -0.4 is 0 Å². The summed E-state index contributed by atoms with van der Waals surface area (Å²) in [5.74, 6) is 0.267. The number of rotatable bonds is 5. The Morgan fingerprint density at radius 1 is 1.12 bits per heavy atom. The third kappa shape index (κ3) is 3.65. The van der Waals surface area contributed by atoms with Crippen LogP contribution in [0.25, 0.3) is 22.6 Å². The minimum Gasteiger partial charge on any atom is -0.465 e. The summed E-state index contributed by atoms with van der Waals surface area (Å²) < 4.78 is 11.0. The third-order valence-corrected chi connectivity index (χ3v) is 5.50. The fourth-order valence-electron chi connectivity index (χ4n) is 4.04. The van der Waals surface area contributed by atoms with Crippen molar-refractivity contribution in [3.05, 3.63) is 105 Å². The van der Waals surface area contributed by atoms with Gasteiger partial charge in [-0.2, -0.15) is 0 Å². The average molecular weight is 426 g/mol. The van der Waals surface area contributed by atoms with E-state index in [1.165, 1.54) is 12.1 Å². The second kappa shape index (κ2) is 8.11.